The minimum Gasteiger partial charge on any atom is -0.423 e. The minimum atomic E-state index is -3.53. The Morgan fingerprint density at radius 1 is 0.960 bits per heavy atom. The number of carbonyl (C=O) groups excluding carboxylic acids is 1. The molecule has 2 aromatic rings. The highest BCUT2D eigenvalue weighted by atomic mass is 32.2. The van der Waals surface area contributed by atoms with Crippen LogP contribution >= 0.6 is 0 Å². The van der Waals surface area contributed by atoms with Gasteiger partial charge in [-0.2, -0.15) is 4.31 Å². The molecule has 134 valence electrons. The van der Waals surface area contributed by atoms with Crippen molar-refractivity contribution in [2.75, 3.05) is 13.1 Å². The van der Waals surface area contributed by atoms with E-state index in [-0.39, 0.29) is 4.90 Å². The lowest BCUT2D eigenvalue weighted by atomic mass is 10.1. The smallest absolute Gasteiger partial charge is 0.343 e. The first-order chi connectivity index (χ1) is 11.8. The molecule has 0 spiro atoms. The topological polar surface area (TPSA) is 63.7 Å². The third kappa shape index (κ3) is 4.27. The van der Waals surface area contributed by atoms with Crippen LogP contribution in [0.4, 0.5) is 0 Å². The number of hydrogen-bond donors (Lipinski definition) is 0. The van der Waals surface area contributed by atoms with E-state index in [2.05, 4.69) is 0 Å². The molecule has 0 aliphatic heterocycles. The summed E-state index contributed by atoms with van der Waals surface area (Å²) in [5.41, 5.74) is 2.45. The largest absolute Gasteiger partial charge is 0.423 e. The van der Waals surface area contributed by atoms with Gasteiger partial charge in [0.1, 0.15) is 5.75 Å². The molecule has 0 radical (unpaired) electrons. The van der Waals surface area contributed by atoms with Gasteiger partial charge in [0.2, 0.25) is 10.0 Å². The Bertz CT molecular complexity index is 853. The number of aryl methyl sites for hydroxylation is 2. The van der Waals surface area contributed by atoms with Gasteiger partial charge in [-0.1, -0.05) is 19.9 Å². The van der Waals surface area contributed by atoms with Gasteiger partial charge in [-0.05, 0) is 61.4 Å². The number of sulfonamides is 1. The minimum absolute atomic E-state index is 0.166. The van der Waals surface area contributed by atoms with E-state index in [1.165, 1.54) is 28.6 Å². The van der Waals surface area contributed by atoms with Crippen LogP contribution in [0, 0.1) is 13.8 Å². The van der Waals surface area contributed by atoms with Crippen LogP contribution in [-0.4, -0.2) is 31.8 Å². The maximum absolute atomic E-state index is 12.4. The molecule has 0 saturated carbocycles. The Morgan fingerprint density at radius 3 is 2.08 bits per heavy atom. The quantitative estimate of drug-likeness (QED) is 0.583. The molecule has 25 heavy (non-hydrogen) atoms. The van der Waals surface area contributed by atoms with Gasteiger partial charge in [0.05, 0.1) is 10.5 Å². The summed E-state index contributed by atoms with van der Waals surface area (Å²) in [5.74, 6) is -0.0528. The summed E-state index contributed by atoms with van der Waals surface area (Å²) in [6.45, 7) is 8.30. The summed E-state index contributed by atoms with van der Waals surface area (Å²) in [6.07, 6.45) is 0. The molecule has 0 N–H and O–H groups in total. The molecule has 0 aliphatic rings. The highest BCUT2D eigenvalue weighted by Crippen LogP contribution is 2.20. The van der Waals surface area contributed by atoms with E-state index in [0.29, 0.717) is 24.4 Å². The van der Waals surface area contributed by atoms with E-state index in [4.69, 9.17) is 4.74 Å². The average Bonchev–Trinajstić information content (AvgIpc) is 2.59. The van der Waals surface area contributed by atoms with Crippen LogP contribution in [-0.2, 0) is 10.0 Å². The fourth-order valence-corrected chi connectivity index (χ4v) is 3.88. The first-order valence-corrected chi connectivity index (χ1v) is 9.63. The Labute approximate surface area is 149 Å². The number of benzene rings is 2. The maximum atomic E-state index is 12.4. The second-order valence-corrected chi connectivity index (χ2v) is 7.69. The molecule has 0 aromatic heterocycles. The molecule has 2 aromatic carbocycles. The number of rotatable bonds is 6. The predicted octanol–water partition coefficient (Wildman–Crippen LogP) is 3.55. The van der Waals surface area contributed by atoms with E-state index in [9.17, 15) is 13.2 Å². The number of hydrogen-bond acceptors (Lipinski definition) is 4. The third-order valence-electron chi connectivity index (χ3n) is 4.12. The van der Waals surface area contributed by atoms with E-state index in [1.807, 2.05) is 19.9 Å². The second kappa shape index (κ2) is 7.80. The number of esters is 1. The van der Waals surface area contributed by atoms with Crippen molar-refractivity contribution in [1.82, 2.24) is 4.31 Å². The molecule has 0 atom stereocenters. The molecule has 5 nitrogen and oxygen atoms in total. The lowest BCUT2D eigenvalue weighted by Gasteiger charge is -2.18. The maximum Gasteiger partial charge on any atom is 0.343 e. The molecule has 0 saturated heterocycles. The van der Waals surface area contributed by atoms with Gasteiger partial charge in [0.25, 0.3) is 0 Å². The van der Waals surface area contributed by atoms with Gasteiger partial charge >= 0.3 is 5.97 Å². The van der Waals surface area contributed by atoms with Crippen molar-refractivity contribution in [3.63, 3.8) is 0 Å². The van der Waals surface area contributed by atoms with E-state index in [0.717, 1.165) is 11.1 Å². The molecule has 0 bridgehead atoms. The van der Waals surface area contributed by atoms with Crippen LogP contribution in [0.5, 0.6) is 5.75 Å². The number of nitrogens with zero attached hydrogens (tertiary/aromatic N) is 1. The molecule has 0 fully saturated rings. The van der Waals surface area contributed by atoms with Crippen LogP contribution in [0.25, 0.3) is 0 Å². The van der Waals surface area contributed by atoms with Gasteiger partial charge in [-0.3, -0.25) is 0 Å². The number of ether oxygens (including phenoxy) is 1. The van der Waals surface area contributed by atoms with Crippen LogP contribution in [0.15, 0.2) is 47.4 Å². The van der Waals surface area contributed by atoms with Gasteiger partial charge in [-0.25, -0.2) is 13.2 Å². The molecule has 0 unspecified atom stereocenters. The summed E-state index contributed by atoms with van der Waals surface area (Å²) < 4.78 is 31.6. The second-order valence-electron chi connectivity index (χ2n) is 5.75. The Balaban J connectivity index is 2.19. The van der Waals surface area contributed by atoms with E-state index >= 15 is 0 Å². The SMILES string of the molecule is CCN(CC)S(=O)(=O)c1ccc(C(=O)Oc2ccc(C)c(C)c2)cc1. The molecule has 0 heterocycles. The van der Waals surface area contributed by atoms with Crippen LogP contribution in [0.2, 0.25) is 0 Å². The predicted molar refractivity (Wildman–Crippen MR) is 97.4 cm³/mol. The van der Waals surface area contributed by atoms with Crippen molar-refractivity contribution in [3.05, 3.63) is 59.2 Å². The molecule has 0 aliphatic carbocycles. The fourth-order valence-electron chi connectivity index (χ4n) is 2.42. The summed E-state index contributed by atoms with van der Waals surface area (Å²) in [4.78, 5) is 12.4. The van der Waals surface area contributed by atoms with E-state index < -0.39 is 16.0 Å². The Hall–Kier alpha value is -2.18. The zero-order chi connectivity index (χ0) is 18.6. The zero-order valence-electron chi connectivity index (χ0n) is 14.9. The lowest BCUT2D eigenvalue weighted by molar-refractivity contribution is 0.0734. The molecule has 2 rings (SSSR count). The average molecular weight is 361 g/mol. The molecule has 0 amide bonds. The monoisotopic (exact) mass is 361 g/mol. The van der Waals surface area contributed by atoms with Gasteiger partial charge < -0.3 is 4.74 Å². The summed E-state index contributed by atoms with van der Waals surface area (Å²) in [7, 11) is -3.53. The normalized spacial score (nSPS) is 11.6. The first kappa shape index (κ1) is 19.1. The van der Waals surface area contributed by atoms with Gasteiger partial charge in [0, 0.05) is 13.1 Å². The fraction of sp³-hybridized carbons (Fsp3) is 0.316. The van der Waals surface area contributed by atoms with Crippen molar-refractivity contribution in [3.8, 4) is 5.75 Å². The standard InChI is InChI=1S/C19H23NO4S/c1-5-20(6-2)25(22,23)18-11-8-16(9-12-18)19(21)24-17-10-7-14(3)15(4)13-17/h7-13H,5-6H2,1-4H3. The van der Waals surface area contributed by atoms with E-state index in [1.54, 1.807) is 26.0 Å². The van der Waals surface area contributed by atoms with Crippen LogP contribution < -0.4 is 4.74 Å². The van der Waals surface area contributed by atoms with Crippen molar-refractivity contribution in [1.29, 1.82) is 0 Å². The third-order valence-corrected chi connectivity index (χ3v) is 6.19. The Kier molecular flexibility index (Phi) is 5.98. The number of carbonyl (C=O) groups is 1. The lowest BCUT2D eigenvalue weighted by Crippen LogP contribution is -2.30. The van der Waals surface area contributed by atoms with Crippen molar-refractivity contribution in [2.24, 2.45) is 0 Å². The molecule has 6 heteroatoms. The molecular formula is C19H23NO4S. The summed E-state index contributed by atoms with van der Waals surface area (Å²) >= 11 is 0. The first-order valence-electron chi connectivity index (χ1n) is 8.19. The highest BCUT2D eigenvalue weighted by Gasteiger charge is 2.21. The summed E-state index contributed by atoms with van der Waals surface area (Å²) in [6, 6.07) is 11.2. The Morgan fingerprint density at radius 2 is 1.56 bits per heavy atom. The van der Waals surface area contributed by atoms with Crippen molar-refractivity contribution in [2.45, 2.75) is 32.6 Å². The highest BCUT2D eigenvalue weighted by molar-refractivity contribution is 7.89. The van der Waals surface area contributed by atoms with Gasteiger partial charge in [-0.15, -0.1) is 0 Å². The molecular weight excluding hydrogens is 338 g/mol. The van der Waals surface area contributed by atoms with Crippen molar-refractivity contribution < 1.29 is 17.9 Å². The summed E-state index contributed by atoms with van der Waals surface area (Å²) in [5, 5.41) is 0. The van der Waals surface area contributed by atoms with Crippen LogP contribution in [0.1, 0.15) is 35.3 Å². The van der Waals surface area contributed by atoms with Crippen molar-refractivity contribution >= 4 is 16.0 Å². The van der Waals surface area contributed by atoms with Gasteiger partial charge in [0.15, 0.2) is 0 Å². The zero-order valence-corrected chi connectivity index (χ0v) is 15.8. The van der Waals surface area contributed by atoms with Crippen LogP contribution in [0.3, 0.4) is 0 Å².